The Morgan fingerprint density at radius 1 is 0.475 bits per heavy atom. The van der Waals surface area contributed by atoms with Crippen LogP contribution < -0.4 is 0 Å². The van der Waals surface area contributed by atoms with Crippen molar-refractivity contribution in [3.63, 3.8) is 0 Å². The third-order valence-corrected chi connectivity index (χ3v) is 12.1. The van der Waals surface area contributed by atoms with Crippen LogP contribution in [0.25, 0.3) is 0 Å². The molecule has 0 radical (unpaired) electrons. The first-order valence-corrected chi connectivity index (χ1v) is 24.6. The Bertz CT molecular complexity index is 1020. The van der Waals surface area contributed by atoms with E-state index in [1.54, 1.807) is 0 Å². The number of unbranched alkanes of at least 4 members (excludes halogenated alkanes) is 25. The Balaban J connectivity index is 1.72. The smallest absolute Gasteiger partial charge is 0.306 e. The van der Waals surface area contributed by atoms with Gasteiger partial charge < -0.3 is 64.2 Å². The maximum absolute atomic E-state index is 12.9. The third kappa shape index (κ3) is 24.7. The van der Waals surface area contributed by atoms with Gasteiger partial charge in [-0.25, -0.2) is 0 Å². The van der Waals surface area contributed by atoms with Crippen molar-refractivity contribution < 1.29 is 69.0 Å². The number of carbonyl (C=O) groups is 1. The molecule has 11 atom stereocenters. The Labute approximate surface area is 368 Å². The standard InChI is InChI=1S/C47H90O14/c1-3-5-7-9-11-13-14-15-16-17-18-19-20-21-22-23-24-26-28-30-39(49)59-36(33-56-31-29-27-25-12-10-8-6-4-2)34-57-46-45(55)43(53)41(51)38(61-46)35-58-47-44(54)42(52)40(50)37(32-48)60-47/h36-38,40-48,50-55H,3-35H2,1-2H3. The monoisotopic (exact) mass is 879 g/mol. The molecule has 2 rings (SSSR count). The number of carbonyl (C=O) groups excluding carboxylic acids is 1. The second kappa shape index (κ2) is 36.2. The molecule has 14 heteroatoms. The molecule has 0 bridgehead atoms. The van der Waals surface area contributed by atoms with Crippen LogP contribution in [0.5, 0.6) is 0 Å². The Morgan fingerprint density at radius 2 is 0.869 bits per heavy atom. The van der Waals surface area contributed by atoms with E-state index in [-0.39, 0.29) is 25.6 Å². The summed E-state index contributed by atoms with van der Waals surface area (Å²) in [6, 6.07) is 0. The van der Waals surface area contributed by atoms with Crippen LogP contribution in [-0.2, 0) is 33.2 Å². The zero-order valence-electron chi connectivity index (χ0n) is 38.2. The number of aliphatic hydroxyl groups excluding tert-OH is 7. The molecule has 0 amide bonds. The minimum atomic E-state index is -1.70. The Morgan fingerprint density at radius 3 is 1.33 bits per heavy atom. The summed E-state index contributed by atoms with van der Waals surface area (Å²) in [5.74, 6) is -0.373. The van der Waals surface area contributed by atoms with Crippen LogP contribution in [0, 0.1) is 0 Å². The molecular formula is C47H90O14. The van der Waals surface area contributed by atoms with Crippen molar-refractivity contribution >= 4 is 5.97 Å². The number of ether oxygens (including phenoxy) is 6. The summed E-state index contributed by atoms with van der Waals surface area (Å²) in [4.78, 5) is 12.9. The molecule has 0 saturated carbocycles. The Kier molecular flexibility index (Phi) is 33.3. The van der Waals surface area contributed by atoms with Gasteiger partial charge in [0.25, 0.3) is 0 Å². The molecular weight excluding hydrogens is 789 g/mol. The molecule has 0 aromatic rings. The highest BCUT2D eigenvalue weighted by Crippen LogP contribution is 2.26. The lowest BCUT2D eigenvalue weighted by Gasteiger charge is -2.42. The quantitative estimate of drug-likeness (QED) is 0.0259. The predicted octanol–water partition coefficient (Wildman–Crippen LogP) is 6.52. The number of esters is 1. The lowest BCUT2D eigenvalue weighted by molar-refractivity contribution is -0.332. The fraction of sp³-hybridized carbons (Fsp3) is 0.979. The summed E-state index contributed by atoms with van der Waals surface area (Å²) in [6.07, 6.45) is 17.6. The summed E-state index contributed by atoms with van der Waals surface area (Å²) in [7, 11) is 0. The molecule has 2 fully saturated rings. The van der Waals surface area contributed by atoms with Crippen molar-refractivity contribution in [3.05, 3.63) is 0 Å². The van der Waals surface area contributed by atoms with E-state index in [4.69, 9.17) is 28.4 Å². The van der Waals surface area contributed by atoms with Crippen molar-refractivity contribution in [1.82, 2.24) is 0 Å². The molecule has 61 heavy (non-hydrogen) atoms. The van der Waals surface area contributed by atoms with Gasteiger partial charge in [0.1, 0.15) is 54.9 Å². The highest BCUT2D eigenvalue weighted by atomic mass is 16.7. The van der Waals surface area contributed by atoms with Crippen molar-refractivity contribution in [2.24, 2.45) is 0 Å². The average Bonchev–Trinajstić information content (AvgIpc) is 3.25. The first-order valence-electron chi connectivity index (χ1n) is 24.6. The molecule has 2 aliphatic heterocycles. The van der Waals surface area contributed by atoms with E-state index in [1.807, 2.05) is 0 Å². The lowest BCUT2D eigenvalue weighted by Crippen LogP contribution is -2.61. The molecule has 362 valence electrons. The largest absolute Gasteiger partial charge is 0.457 e. The highest BCUT2D eigenvalue weighted by Gasteiger charge is 2.47. The SMILES string of the molecule is CCCCCCCCCCCCCCCCCCCCCC(=O)OC(COCCCCCCCCCC)COC1OC(COC2OC(CO)C(O)C(O)C2O)C(O)C(O)C1O. The molecule has 0 aromatic heterocycles. The van der Waals surface area contributed by atoms with Gasteiger partial charge in [0.15, 0.2) is 12.6 Å². The van der Waals surface area contributed by atoms with Gasteiger partial charge in [0.2, 0.25) is 0 Å². The minimum Gasteiger partial charge on any atom is -0.457 e. The highest BCUT2D eigenvalue weighted by molar-refractivity contribution is 5.69. The summed E-state index contributed by atoms with van der Waals surface area (Å²) in [5.41, 5.74) is 0. The lowest BCUT2D eigenvalue weighted by atomic mass is 9.98. The van der Waals surface area contributed by atoms with E-state index >= 15 is 0 Å². The fourth-order valence-electron chi connectivity index (χ4n) is 8.05. The van der Waals surface area contributed by atoms with E-state index in [0.717, 1.165) is 44.9 Å². The van der Waals surface area contributed by atoms with E-state index in [1.165, 1.54) is 128 Å². The van der Waals surface area contributed by atoms with Gasteiger partial charge >= 0.3 is 5.97 Å². The van der Waals surface area contributed by atoms with Crippen LogP contribution in [-0.4, -0.2) is 142 Å². The summed E-state index contributed by atoms with van der Waals surface area (Å²) < 4.78 is 34.1. The zero-order chi connectivity index (χ0) is 44.5. The first kappa shape index (κ1) is 56.1. The maximum atomic E-state index is 12.9. The summed E-state index contributed by atoms with van der Waals surface area (Å²) in [6.45, 7) is 3.69. The molecule has 0 aliphatic carbocycles. The van der Waals surface area contributed by atoms with Crippen molar-refractivity contribution in [2.45, 2.75) is 261 Å². The minimum absolute atomic E-state index is 0.0685. The van der Waals surface area contributed by atoms with Gasteiger partial charge in [0.05, 0.1) is 26.4 Å². The van der Waals surface area contributed by atoms with E-state index < -0.39 is 80.7 Å². The number of hydrogen-bond donors (Lipinski definition) is 7. The first-order chi connectivity index (χ1) is 29.6. The van der Waals surface area contributed by atoms with Crippen LogP contribution in [0.2, 0.25) is 0 Å². The predicted molar refractivity (Wildman–Crippen MR) is 234 cm³/mol. The average molecular weight is 879 g/mol. The summed E-state index contributed by atoms with van der Waals surface area (Å²) in [5, 5.41) is 71.9. The third-order valence-electron chi connectivity index (χ3n) is 12.1. The van der Waals surface area contributed by atoms with Crippen LogP contribution >= 0.6 is 0 Å². The summed E-state index contributed by atoms with van der Waals surface area (Å²) >= 11 is 0. The molecule has 0 spiro atoms. The number of aliphatic hydroxyl groups is 7. The van der Waals surface area contributed by atoms with Crippen molar-refractivity contribution in [3.8, 4) is 0 Å². The van der Waals surface area contributed by atoms with Gasteiger partial charge in [-0.05, 0) is 12.8 Å². The van der Waals surface area contributed by atoms with Gasteiger partial charge in [-0.3, -0.25) is 4.79 Å². The molecule has 2 aliphatic rings. The Hall–Kier alpha value is -1.01. The van der Waals surface area contributed by atoms with Gasteiger partial charge in [-0.1, -0.05) is 174 Å². The van der Waals surface area contributed by atoms with Crippen LogP contribution in [0.1, 0.15) is 194 Å². The molecule has 11 unspecified atom stereocenters. The van der Waals surface area contributed by atoms with Crippen LogP contribution in [0.15, 0.2) is 0 Å². The molecule has 7 N–H and O–H groups in total. The topological polar surface area (TPSA) is 214 Å². The van der Waals surface area contributed by atoms with Crippen molar-refractivity contribution in [1.29, 1.82) is 0 Å². The maximum Gasteiger partial charge on any atom is 0.306 e. The van der Waals surface area contributed by atoms with Crippen LogP contribution in [0.3, 0.4) is 0 Å². The molecule has 0 aromatic carbocycles. The fourth-order valence-corrected chi connectivity index (χ4v) is 8.05. The van der Waals surface area contributed by atoms with E-state index in [2.05, 4.69) is 13.8 Å². The second-order valence-corrected chi connectivity index (χ2v) is 17.7. The van der Waals surface area contributed by atoms with Gasteiger partial charge in [-0.2, -0.15) is 0 Å². The number of rotatable bonds is 39. The molecule has 2 heterocycles. The van der Waals surface area contributed by atoms with Crippen LogP contribution in [0.4, 0.5) is 0 Å². The van der Waals surface area contributed by atoms with Gasteiger partial charge in [0, 0.05) is 13.0 Å². The number of hydrogen-bond acceptors (Lipinski definition) is 14. The van der Waals surface area contributed by atoms with Crippen molar-refractivity contribution in [2.75, 3.05) is 33.0 Å². The van der Waals surface area contributed by atoms with Gasteiger partial charge in [-0.15, -0.1) is 0 Å². The van der Waals surface area contributed by atoms with E-state index in [0.29, 0.717) is 6.61 Å². The van der Waals surface area contributed by atoms with E-state index in [9.17, 15) is 40.5 Å². The molecule has 14 nitrogen and oxygen atoms in total. The zero-order valence-corrected chi connectivity index (χ0v) is 38.2. The normalized spacial score (nSPS) is 27.4. The molecule has 2 saturated heterocycles. The second-order valence-electron chi connectivity index (χ2n) is 17.7.